The average Bonchev–Trinajstić information content (AvgIpc) is 1.61. The smallest absolute Gasteiger partial charge is 0 e. The molecule has 0 nitrogen and oxygen atoms in total. The van der Waals surface area contributed by atoms with Gasteiger partial charge in [-0.1, -0.05) is 20.3 Å². The van der Waals surface area contributed by atoms with Crippen LogP contribution in [0.3, 0.4) is 0 Å². The molecule has 0 aromatic carbocycles. The summed E-state index contributed by atoms with van der Waals surface area (Å²) in [5.41, 5.74) is 0. The van der Waals surface area contributed by atoms with Crippen molar-refractivity contribution in [3.8, 4) is 0 Å². The van der Waals surface area contributed by atoms with Crippen molar-refractivity contribution in [3.63, 3.8) is 0 Å². The maximum atomic E-state index is 2.25. The van der Waals surface area contributed by atoms with Crippen LogP contribution in [0.2, 0.25) is 0 Å². The predicted octanol–water partition coefficient (Wildman–Crippen LogP) is 3.09. The van der Waals surface area contributed by atoms with Gasteiger partial charge in [0.05, 0.1) is 0 Å². The van der Waals surface area contributed by atoms with Gasteiger partial charge in [-0.2, -0.15) is 13.3 Å². The molecular weight excluding hydrogens is 185 g/mol. The molecule has 0 saturated heterocycles. The van der Waals surface area contributed by atoms with Crippen LogP contribution < -0.4 is 0 Å². The van der Waals surface area contributed by atoms with Gasteiger partial charge in [-0.15, -0.1) is 0 Å². The fourth-order valence-corrected chi connectivity index (χ4v) is 0.500. The second-order valence-corrected chi connectivity index (χ2v) is 2.38. The molecule has 0 spiro atoms. The Balaban J connectivity index is -0.000000180. The van der Waals surface area contributed by atoms with Crippen LogP contribution in [0, 0.1) is 19.8 Å². The molecule has 0 aromatic rings. The van der Waals surface area contributed by atoms with E-state index in [1.807, 2.05) is 0 Å². The molecule has 0 rings (SSSR count). The first kappa shape index (κ1) is 16.6. The van der Waals surface area contributed by atoms with E-state index in [2.05, 4.69) is 27.2 Å². The molecule has 0 atom stereocenters. The fraction of sp³-hybridized carbons (Fsp3) is 0.750. The minimum atomic E-state index is 0. The van der Waals surface area contributed by atoms with Crippen LogP contribution in [0.4, 0.5) is 0 Å². The SMILES string of the molecule is C[CH-]CCC(C)C.[CH3-].[Y]. The number of unbranched alkanes of at least 4 members (excludes halogenated alkanes) is 1. The Morgan fingerprint density at radius 1 is 1.33 bits per heavy atom. The summed E-state index contributed by atoms with van der Waals surface area (Å²) in [7, 11) is 0. The van der Waals surface area contributed by atoms with E-state index in [0.717, 1.165) is 5.92 Å². The van der Waals surface area contributed by atoms with Gasteiger partial charge < -0.3 is 13.8 Å². The minimum Gasteiger partial charge on any atom is -0.358 e. The Labute approximate surface area is 85.7 Å². The van der Waals surface area contributed by atoms with Gasteiger partial charge in [-0.3, -0.25) is 0 Å². The van der Waals surface area contributed by atoms with Crippen LogP contribution in [0.1, 0.15) is 33.6 Å². The third-order valence-electron chi connectivity index (χ3n) is 1.03. The van der Waals surface area contributed by atoms with Crippen molar-refractivity contribution in [1.82, 2.24) is 0 Å². The van der Waals surface area contributed by atoms with Gasteiger partial charge in [0.1, 0.15) is 0 Å². The third-order valence-corrected chi connectivity index (χ3v) is 1.03. The zero-order valence-electron chi connectivity index (χ0n) is 7.15. The van der Waals surface area contributed by atoms with Crippen molar-refractivity contribution in [2.45, 2.75) is 33.6 Å². The zero-order chi connectivity index (χ0) is 5.70. The van der Waals surface area contributed by atoms with Crippen molar-refractivity contribution in [2.24, 2.45) is 5.92 Å². The van der Waals surface area contributed by atoms with Gasteiger partial charge in [0.2, 0.25) is 0 Å². The summed E-state index contributed by atoms with van der Waals surface area (Å²) in [6.07, 6.45) is 4.84. The molecule has 0 aliphatic rings. The van der Waals surface area contributed by atoms with E-state index in [1.54, 1.807) is 0 Å². The molecule has 9 heavy (non-hydrogen) atoms. The second kappa shape index (κ2) is 11.8. The molecule has 1 radical (unpaired) electrons. The molecule has 0 aliphatic heterocycles. The largest absolute Gasteiger partial charge is 0.358 e. The van der Waals surface area contributed by atoms with Gasteiger partial charge in [-0.25, -0.2) is 0 Å². The van der Waals surface area contributed by atoms with Crippen LogP contribution >= 0.6 is 0 Å². The van der Waals surface area contributed by atoms with Gasteiger partial charge in [0.25, 0.3) is 0 Å². The van der Waals surface area contributed by atoms with E-state index in [1.165, 1.54) is 12.8 Å². The molecule has 0 amide bonds. The summed E-state index contributed by atoms with van der Waals surface area (Å²) < 4.78 is 0. The molecule has 55 valence electrons. The van der Waals surface area contributed by atoms with Crippen LogP contribution in [-0.2, 0) is 32.7 Å². The molecule has 0 fully saturated rings. The Morgan fingerprint density at radius 2 is 1.78 bits per heavy atom. The first-order chi connectivity index (χ1) is 3.27. The Hall–Kier alpha value is 1.10. The van der Waals surface area contributed by atoms with Crippen LogP contribution in [-0.4, -0.2) is 0 Å². The van der Waals surface area contributed by atoms with E-state index >= 15 is 0 Å². The molecule has 0 heterocycles. The first-order valence-corrected chi connectivity index (χ1v) is 3.05. The minimum absolute atomic E-state index is 0. The monoisotopic (exact) mass is 203 g/mol. The van der Waals surface area contributed by atoms with Crippen molar-refractivity contribution < 1.29 is 32.7 Å². The molecular formula is C8H18Y-2. The van der Waals surface area contributed by atoms with Gasteiger partial charge in [0, 0.05) is 32.7 Å². The number of hydrogen-bond acceptors (Lipinski definition) is 0. The van der Waals surface area contributed by atoms with Gasteiger partial charge in [0.15, 0.2) is 0 Å². The maximum absolute atomic E-state index is 2.25. The summed E-state index contributed by atoms with van der Waals surface area (Å²) in [6, 6.07) is 0. The van der Waals surface area contributed by atoms with Crippen LogP contribution in [0.25, 0.3) is 0 Å². The Morgan fingerprint density at radius 3 is 1.89 bits per heavy atom. The van der Waals surface area contributed by atoms with E-state index < -0.39 is 0 Å². The summed E-state index contributed by atoms with van der Waals surface area (Å²) in [4.78, 5) is 0. The molecule has 0 unspecified atom stereocenters. The van der Waals surface area contributed by atoms with Crippen molar-refractivity contribution in [1.29, 1.82) is 0 Å². The molecule has 0 saturated carbocycles. The average molecular weight is 203 g/mol. The van der Waals surface area contributed by atoms with Crippen LogP contribution in [0.5, 0.6) is 0 Å². The van der Waals surface area contributed by atoms with E-state index in [-0.39, 0.29) is 40.1 Å². The second-order valence-electron chi connectivity index (χ2n) is 2.38. The predicted molar refractivity (Wildman–Crippen MR) is 40.5 cm³/mol. The fourth-order valence-electron chi connectivity index (χ4n) is 0.500. The Bertz CT molecular complexity index is 33.5. The zero-order valence-corrected chi connectivity index (χ0v) is 9.98. The maximum Gasteiger partial charge on any atom is 0 e. The van der Waals surface area contributed by atoms with Crippen LogP contribution in [0.15, 0.2) is 0 Å². The summed E-state index contributed by atoms with van der Waals surface area (Å²) in [6.45, 7) is 6.62. The van der Waals surface area contributed by atoms with Crippen molar-refractivity contribution >= 4 is 0 Å². The Kier molecular flexibility index (Phi) is 21.8. The number of hydrogen-bond donors (Lipinski definition) is 0. The van der Waals surface area contributed by atoms with E-state index in [4.69, 9.17) is 0 Å². The molecule has 0 aromatic heterocycles. The number of rotatable bonds is 3. The molecule has 1 heteroatoms. The summed E-state index contributed by atoms with van der Waals surface area (Å²) in [5.74, 6) is 0.871. The standard InChI is InChI=1S/C7H15.CH3.Y/c1-4-5-6-7(2)3;;/h4,7H,5-6H2,1-3H3;1H3;/q2*-1;. The van der Waals surface area contributed by atoms with Gasteiger partial charge in [-0.05, 0) is 5.92 Å². The van der Waals surface area contributed by atoms with E-state index in [0.29, 0.717) is 0 Å². The quantitative estimate of drug-likeness (QED) is 0.618. The summed E-state index contributed by atoms with van der Waals surface area (Å²) >= 11 is 0. The van der Waals surface area contributed by atoms with Crippen molar-refractivity contribution in [3.05, 3.63) is 13.8 Å². The molecule has 0 N–H and O–H groups in total. The first-order valence-electron chi connectivity index (χ1n) is 3.05. The van der Waals surface area contributed by atoms with E-state index in [9.17, 15) is 0 Å². The summed E-state index contributed by atoms with van der Waals surface area (Å²) in [5, 5.41) is 0. The topological polar surface area (TPSA) is 0 Å². The van der Waals surface area contributed by atoms with Gasteiger partial charge >= 0.3 is 0 Å². The molecule has 0 bridgehead atoms. The normalized spacial score (nSPS) is 8.00. The van der Waals surface area contributed by atoms with Crippen molar-refractivity contribution in [2.75, 3.05) is 0 Å². The third kappa shape index (κ3) is 17.6. The molecule has 0 aliphatic carbocycles.